The smallest absolute Gasteiger partial charge is 0.198 e. The number of hydrogen-bond acceptors (Lipinski definition) is 5. The molecule has 1 atom stereocenters. The van der Waals surface area contributed by atoms with Crippen molar-refractivity contribution in [1.29, 1.82) is 0 Å². The summed E-state index contributed by atoms with van der Waals surface area (Å²) in [6.07, 6.45) is -0.241. The highest BCUT2D eigenvalue weighted by Crippen LogP contribution is 2.40. The normalized spacial score (nSPS) is 16.7. The van der Waals surface area contributed by atoms with Crippen LogP contribution in [0.25, 0.3) is 0 Å². The van der Waals surface area contributed by atoms with E-state index in [2.05, 4.69) is 11.2 Å². The number of thiophene rings is 1. The number of para-hydroxylation sites is 1. The van der Waals surface area contributed by atoms with E-state index < -0.39 is 0 Å². The first-order valence-electron chi connectivity index (χ1n) is 8.17. The van der Waals surface area contributed by atoms with Crippen LogP contribution in [0.4, 0.5) is 11.4 Å². The number of carbonyl (C=O) groups is 1. The predicted octanol–water partition coefficient (Wildman–Crippen LogP) is 5.33. The van der Waals surface area contributed by atoms with Crippen LogP contribution in [0.5, 0.6) is 0 Å². The molecule has 4 rings (SSSR count). The Balaban J connectivity index is 1.89. The number of hydrazone groups is 1. The molecule has 0 bridgehead atoms. The number of hydrogen-bond donors (Lipinski definition) is 0. The van der Waals surface area contributed by atoms with Crippen molar-refractivity contribution in [3.05, 3.63) is 82.0 Å². The summed E-state index contributed by atoms with van der Waals surface area (Å²) < 4.78 is 0. The third-order valence-electron chi connectivity index (χ3n) is 4.13. The van der Waals surface area contributed by atoms with Crippen LogP contribution < -0.4 is 9.91 Å². The molecular weight excluding hydrogens is 366 g/mol. The van der Waals surface area contributed by atoms with Gasteiger partial charge < -0.3 is 0 Å². The lowest BCUT2D eigenvalue weighted by atomic mass is 10.2. The minimum Gasteiger partial charge on any atom is -0.294 e. The van der Waals surface area contributed by atoms with Crippen molar-refractivity contribution >= 4 is 45.9 Å². The van der Waals surface area contributed by atoms with Crippen LogP contribution in [0.1, 0.15) is 18.0 Å². The molecule has 2 aromatic carbocycles. The van der Waals surface area contributed by atoms with Crippen molar-refractivity contribution in [2.45, 2.75) is 13.1 Å². The van der Waals surface area contributed by atoms with Crippen LogP contribution in [0, 0.1) is 0 Å². The van der Waals surface area contributed by atoms with E-state index in [1.807, 2.05) is 76.0 Å². The van der Waals surface area contributed by atoms with Gasteiger partial charge in [0, 0.05) is 22.5 Å². The Kier molecular flexibility index (Phi) is 4.49. The molecule has 0 saturated carbocycles. The zero-order chi connectivity index (χ0) is 18.1. The highest BCUT2D eigenvalue weighted by atomic mass is 35.5. The van der Waals surface area contributed by atoms with Crippen LogP contribution in [-0.4, -0.2) is 11.6 Å². The monoisotopic (exact) mass is 381 g/mol. The Labute approximate surface area is 160 Å². The van der Waals surface area contributed by atoms with Crippen LogP contribution in [-0.2, 0) is 4.79 Å². The maximum Gasteiger partial charge on any atom is 0.198 e. The Morgan fingerprint density at radius 1 is 1.04 bits per heavy atom. The van der Waals surface area contributed by atoms with Crippen molar-refractivity contribution < 1.29 is 4.79 Å². The van der Waals surface area contributed by atoms with Gasteiger partial charge in [-0.2, -0.15) is 0 Å². The second-order valence-corrected chi connectivity index (χ2v) is 7.31. The van der Waals surface area contributed by atoms with Gasteiger partial charge in [-0.05, 0) is 41.8 Å². The number of amidine groups is 1. The van der Waals surface area contributed by atoms with Crippen LogP contribution in [0.2, 0.25) is 5.02 Å². The molecule has 1 aliphatic rings. The maximum atomic E-state index is 12.4. The molecule has 0 saturated heterocycles. The summed E-state index contributed by atoms with van der Waals surface area (Å²) in [5, 5.41) is 9.21. The molecule has 1 unspecified atom stereocenters. The van der Waals surface area contributed by atoms with Crippen LogP contribution in [0.3, 0.4) is 0 Å². The third-order valence-corrected chi connectivity index (χ3v) is 5.27. The lowest BCUT2D eigenvalue weighted by Gasteiger charge is -2.31. The topological polar surface area (TPSA) is 35.9 Å². The van der Waals surface area contributed by atoms with Crippen molar-refractivity contribution in [3.8, 4) is 0 Å². The van der Waals surface area contributed by atoms with Gasteiger partial charge in [-0.3, -0.25) is 9.69 Å². The number of Topliss-reactive ketones (excluding diaryl/α,β-unsaturated/α-hetero) is 1. The Bertz CT molecular complexity index is 956. The molecule has 6 heteroatoms. The fourth-order valence-electron chi connectivity index (χ4n) is 3.03. The van der Waals surface area contributed by atoms with Gasteiger partial charge in [-0.15, -0.1) is 16.4 Å². The Hall–Kier alpha value is -2.63. The van der Waals surface area contributed by atoms with Gasteiger partial charge in [0.25, 0.3) is 0 Å². The fourth-order valence-corrected chi connectivity index (χ4v) is 4.01. The minimum atomic E-state index is -0.241. The number of carbonyl (C=O) groups excluding carboxylic acids is 1. The van der Waals surface area contributed by atoms with E-state index in [9.17, 15) is 4.79 Å². The maximum absolute atomic E-state index is 12.4. The molecule has 0 fully saturated rings. The predicted molar refractivity (Wildman–Crippen MR) is 108 cm³/mol. The highest BCUT2D eigenvalue weighted by Gasteiger charge is 2.39. The number of halogens is 1. The molecule has 3 aromatic rings. The zero-order valence-electron chi connectivity index (χ0n) is 14.0. The summed E-state index contributed by atoms with van der Waals surface area (Å²) in [7, 11) is 0. The number of benzene rings is 2. The Morgan fingerprint density at radius 2 is 1.81 bits per heavy atom. The summed E-state index contributed by atoms with van der Waals surface area (Å²) in [4.78, 5) is 15.4. The summed E-state index contributed by atoms with van der Waals surface area (Å²) in [6, 6.07) is 21.4. The van der Waals surface area contributed by atoms with Crippen molar-refractivity contribution in [2.24, 2.45) is 5.10 Å². The Morgan fingerprint density at radius 3 is 2.46 bits per heavy atom. The first-order valence-corrected chi connectivity index (χ1v) is 9.43. The lowest BCUT2D eigenvalue weighted by molar-refractivity contribution is -0.111. The number of rotatable bonds is 4. The van der Waals surface area contributed by atoms with Gasteiger partial charge in [0.05, 0.1) is 5.69 Å². The molecule has 130 valence electrons. The third kappa shape index (κ3) is 3.00. The van der Waals surface area contributed by atoms with E-state index in [0.29, 0.717) is 10.9 Å². The van der Waals surface area contributed by atoms with Gasteiger partial charge in [0.2, 0.25) is 0 Å². The number of nitrogens with zero attached hydrogens (tertiary/aromatic N) is 3. The lowest BCUT2D eigenvalue weighted by Crippen LogP contribution is -2.37. The van der Waals surface area contributed by atoms with E-state index in [-0.39, 0.29) is 11.9 Å². The number of anilines is 2. The summed E-state index contributed by atoms with van der Waals surface area (Å²) in [6.45, 7) is 1.54. The summed E-state index contributed by atoms with van der Waals surface area (Å²) in [5.41, 5.74) is 1.76. The first-order chi connectivity index (χ1) is 12.6. The number of ketones is 1. The molecule has 1 aliphatic heterocycles. The molecule has 0 N–H and O–H groups in total. The minimum absolute atomic E-state index is 0.0926. The van der Waals surface area contributed by atoms with Crippen LogP contribution >= 0.6 is 22.9 Å². The second-order valence-electron chi connectivity index (χ2n) is 5.90. The van der Waals surface area contributed by atoms with Crippen molar-refractivity contribution in [2.75, 3.05) is 9.91 Å². The van der Waals surface area contributed by atoms with Gasteiger partial charge in [0.15, 0.2) is 17.8 Å². The molecule has 2 heterocycles. The van der Waals surface area contributed by atoms with E-state index in [1.165, 1.54) is 6.92 Å². The highest BCUT2D eigenvalue weighted by molar-refractivity contribution is 7.10. The quantitative estimate of drug-likeness (QED) is 0.612. The molecule has 1 aromatic heterocycles. The molecule has 0 spiro atoms. The van der Waals surface area contributed by atoms with E-state index in [0.717, 1.165) is 16.3 Å². The average molecular weight is 382 g/mol. The average Bonchev–Trinajstić information content (AvgIpc) is 3.30. The second kappa shape index (κ2) is 6.94. The van der Waals surface area contributed by atoms with E-state index >= 15 is 0 Å². The first kappa shape index (κ1) is 16.8. The van der Waals surface area contributed by atoms with Gasteiger partial charge in [0.1, 0.15) is 0 Å². The van der Waals surface area contributed by atoms with Gasteiger partial charge in [-0.25, -0.2) is 5.01 Å². The van der Waals surface area contributed by atoms with E-state index in [4.69, 9.17) is 11.6 Å². The molecule has 0 radical (unpaired) electrons. The molecule has 4 nitrogen and oxygen atoms in total. The van der Waals surface area contributed by atoms with Gasteiger partial charge >= 0.3 is 0 Å². The fraction of sp³-hybridized carbons (Fsp3) is 0.100. The molecule has 0 aliphatic carbocycles. The zero-order valence-corrected chi connectivity index (χ0v) is 15.6. The summed E-state index contributed by atoms with van der Waals surface area (Å²) in [5.74, 6) is 0.305. The van der Waals surface area contributed by atoms with Crippen LogP contribution in [0.15, 0.2) is 77.2 Å². The van der Waals surface area contributed by atoms with Gasteiger partial charge in [-0.1, -0.05) is 41.9 Å². The standard InChI is InChI=1S/C20H16ClN3OS/c1-14(25)19-22-24(16-8-3-2-4-9-16)20(18-11-6-12-26-18)23(19)17-10-5-7-15(21)13-17/h2-13,20H,1H3. The molecule has 0 amide bonds. The SMILES string of the molecule is CC(=O)C1=NN(c2ccccc2)C(c2cccs2)N1c1cccc(Cl)c1. The summed E-state index contributed by atoms with van der Waals surface area (Å²) >= 11 is 7.85. The van der Waals surface area contributed by atoms with E-state index in [1.54, 1.807) is 11.3 Å². The molecule has 26 heavy (non-hydrogen) atoms. The van der Waals surface area contributed by atoms with Crippen molar-refractivity contribution in [1.82, 2.24) is 0 Å². The van der Waals surface area contributed by atoms with Crippen molar-refractivity contribution in [3.63, 3.8) is 0 Å². The molecular formula is C20H16ClN3OS. The largest absolute Gasteiger partial charge is 0.294 e.